The third-order valence-electron chi connectivity index (χ3n) is 7.08. The topological polar surface area (TPSA) is 142 Å². The Bertz CT molecular complexity index is 1920. The molecule has 5 aromatic rings. The highest BCUT2D eigenvalue weighted by molar-refractivity contribution is 7.71. The Balaban J connectivity index is 1.41. The molecule has 222 valence electrons. The van der Waals surface area contributed by atoms with Gasteiger partial charge in [-0.05, 0) is 42.5 Å². The highest BCUT2D eigenvalue weighted by Gasteiger charge is 2.52. The van der Waals surface area contributed by atoms with E-state index in [1.54, 1.807) is 103 Å². The van der Waals surface area contributed by atoms with Crippen LogP contribution in [0, 0.1) is 4.64 Å². The molecule has 0 radical (unpaired) electrons. The standard InChI is InChI=1S/C32H25N3O8S/c36-29(19-10-4-1-5-11-19)40-18-23-25(42-30(37)20-12-6-2-7-13-20)26(43-31(38)21-14-8-3-9-15-21)28(41-23)35-22-16-17-33-24(22)27(44)34-32(35)39/h1-17,23,25-26,28,33H,18H2,(H,34,39,44)/t23-,25-,26-,28-/m1/s1. The van der Waals surface area contributed by atoms with Crippen molar-refractivity contribution >= 4 is 41.2 Å². The van der Waals surface area contributed by atoms with Gasteiger partial charge in [-0.25, -0.2) is 19.2 Å². The summed E-state index contributed by atoms with van der Waals surface area (Å²) in [7, 11) is 0. The molecule has 2 aromatic heterocycles. The second kappa shape index (κ2) is 12.5. The molecule has 12 heteroatoms. The zero-order valence-electron chi connectivity index (χ0n) is 23.0. The molecule has 1 saturated heterocycles. The Labute approximate surface area is 255 Å². The normalized spacial score (nSPS) is 19.4. The van der Waals surface area contributed by atoms with Crippen LogP contribution >= 0.6 is 12.2 Å². The van der Waals surface area contributed by atoms with Gasteiger partial charge in [-0.2, -0.15) is 0 Å². The minimum absolute atomic E-state index is 0.169. The molecule has 0 spiro atoms. The Morgan fingerprint density at radius 1 is 0.750 bits per heavy atom. The van der Waals surface area contributed by atoms with E-state index in [2.05, 4.69) is 9.97 Å². The third-order valence-corrected chi connectivity index (χ3v) is 7.39. The molecule has 6 rings (SSSR count). The number of nitrogens with zero attached hydrogens (tertiary/aromatic N) is 1. The van der Waals surface area contributed by atoms with E-state index in [0.717, 1.165) is 0 Å². The second-order valence-corrected chi connectivity index (χ2v) is 10.3. The molecule has 1 fully saturated rings. The van der Waals surface area contributed by atoms with Crippen molar-refractivity contribution in [1.29, 1.82) is 0 Å². The molecule has 0 saturated carbocycles. The Kier molecular flexibility index (Phi) is 8.17. The van der Waals surface area contributed by atoms with Gasteiger partial charge >= 0.3 is 23.6 Å². The number of ether oxygens (including phenoxy) is 4. The van der Waals surface area contributed by atoms with Gasteiger partial charge in [-0.1, -0.05) is 66.8 Å². The summed E-state index contributed by atoms with van der Waals surface area (Å²) in [5, 5.41) is 0. The first-order valence-electron chi connectivity index (χ1n) is 13.6. The van der Waals surface area contributed by atoms with Gasteiger partial charge in [0.15, 0.2) is 18.4 Å². The Hall–Kier alpha value is -5.33. The first-order valence-corrected chi connectivity index (χ1v) is 14.0. The molecule has 0 bridgehead atoms. The van der Waals surface area contributed by atoms with Crippen molar-refractivity contribution in [3.05, 3.63) is 135 Å². The van der Waals surface area contributed by atoms with Crippen molar-refractivity contribution in [2.45, 2.75) is 24.5 Å². The van der Waals surface area contributed by atoms with Crippen LogP contribution < -0.4 is 5.69 Å². The third kappa shape index (κ3) is 5.80. The summed E-state index contributed by atoms with van der Waals surface area (Å²) in [5.74, 6) is -2.11. The lowest BCUT2D eigenvalue weighted by Crippen LogP contribution is -2.42. The number of hydrogen-bond acceptors (Lipinski definition) is 9. The number of H-pyrrole nitrogens is 2. The maximum Gasteiger partial charge on any atom is 0.338 e. The molecule has 1 aliphatic rings. The molecule has 11 nitrogen and oxygen atoms in total. The molecule has 0 aliphatic carbocycles. The smallest absolute Gasteiger partial charge is 0.338 e. The summed E-state index contributed by atoms with van der Waals surface area (Å²) in [6.07, 6.45) is -3.51. The van der Waals surface area contributed by atoms with Crippen molar-refractivity contribution in [3.63, 3.8) is 0 Å². The molecule has 3 aromatic carbocycles. The van der Waals surface area contributed by atoms with Crippen LogP contribution in [0.1, 0.15) is 37.3 Å². The average Bonchev–Trinajstić information content (AvgIpc) is 3.67. The van der Waals surface area contributed by atoms with Crippen LogP contribution in [0.5, 0.6) is 0 Å². The zero-order chi connectivity index (χ0) is 30.6. The van der Waals surface area contributed by atoms with E-state index in [1.807, 2.05) is 0 Å². The number of benzene rings is 3. The summed E-state index contributed by atoms with van der Waals surface area (Å²) < 4.78 is 25.1. The van der Waals surface area contributed by atoms with Gasteiger partial charge in [0.25, 0.3) is 0 Å². The molecule has 44 heavy (non-hydrogen) atoms. The van der Waals surface area contributed by atoms with Gasteiger partial charge in [-0.3, -0.25) is 9.55 Å². The van der Waals surface area contributed by atoms with E-state index in [1.165, 1.54) is 4.57 Å². The Morgan fingerprint density at radius 2 is 1.27 bits per heavy atom. The molecule has 0 unspecified atom stereocenters. The largest absolute Gasteiger partial charge is 0.459 e. The second-order valence-electron chi connectivity index (χ2n) is 9.87. The predicted octanol–water partition coefficient (Wildman–Crippen LogP) is 4.59. The van der Waals surface area contributed by atoms with Crippen LogP contribution in [0.3, 0.4) is 0 Å². The van der Waals surface area contributed by atoms with Gasteiger partial charge in [0.05, 0.1) is 27.7 Å². The number of rotatable bonds is 8. The lowest BCUT2D eigenvalue weighted by Gasteiger charge is -2.25. The van der Waals surface area contributed by atoms with Gasteiger partial charge < -0.3 is 23.9 Å². The summed E-state index contributed by atoms with van der Waals surface area (Å²) in [6, 6.07) is 26.4. The number of carbonyl (C=O) groups excluding carboxylic acids is 3. The minimum Gasteiger partial charge on any atom is -0.459 e. The molecular weight excluding hydrogens is 586 g/mol. The SMILES string of the molecule is O=C(OC[C@H]1O[C@@H](n2c(=O)[nH]c(=S)c3[nH]ccc32)[C@H](OC(=O)c2ccccc2)[C@@H]1OC(=O)c1ccccc1)c1ccccc1. The van der Waals surface area contributed by atoms with E-state index in [-0.39, 0.29) is 22.4 Å². The van der Waals surface area contributed by atoms with Crippen molar-refractivity contribution < 1.29 is 33.3 Å². The summed E-state index contributed by atoms with van der Waals surface area (Å²) >= 11 is 5.31. The fourth-order valence-corrected chi connectivity index (χ4v) is 5.24. The first-order chi connectivity index (χ1) is 21.4. The van der Waals surface area contributed by atoms with E-state index in [0.29, 0.717) is 16.6 Å². The lowest BCUT2D eigenvalue weighted by molar-refractivity contribution is -0.0620. The molecule has 0 amide bonds. The van der Waals surface area contributed by atoms with Gasteiger partial charge in [0, 0.05) is 6.20 Å². The van der Waals surface area contributed by atoms with Crippen molar-refractivity contribution in [3.8, 4) is 0 Å². The zero-order valence-corrected chi connectivity index (χ0v) is 23.8. The number of aromatic nitrogens is 3. The van der Waals surface area contributed by atoms with E-state index >= 15 is 0 Å². The molecule has 1 aliphatic heterocycles. The van der Waals surface area contributed by atoms with Gasteiger partial charge in [0.2, 0.25) is 0 Å². The van der Waals surface area contributed by atoms with Crippen LogP contribution in [0.25, 0.3) is 11.0 Å². The molecule has 2 N–H and O–H groups in total. The van der Waals surface area contributed by atoms with Crippen LogP contribution in [-0.4, -0.2) is 57.4 Å². The number of aromatic amines is 2. The van der Waals surface area contributed by atoms with Crippen LogP contribution in [0.2, 0.25) is 0 Å². The van der Waals surface area contributed by atoms with E-state index < -0.39 is 48.1 Å². The highest BCUT2D eigenvalue weighted by atomic mass is 32.1. The van der Waals surface area contributed by atoms with Crippen LogP contribution in [-0.2, 0) is 18.9 Å². The quantitative estimate of drug-likeness (QED) is 0.146. The van der Waals surface area contributed by atoms with E-state index in [4.69, 9.17) is 31.2 Å². The first kappa shape index (κ1) is 28.8. The summed E-state index contributed by atoms with van der Waals surface area (Å²) in [6.45, 7) is -0.385. The van der Waals surface area contributed by atoms with Crippen molar-refractivity contribution in [2.24, 2.45) is 0 Å². The maximum absolute atomic E-state index is 13.4. The highest BCUT2D eigenvalue weighted by Crippen LogP contribution is 2.36. The lowest BCUT2D eigenvalue weighted by atomic mass is 10.1. The maximum atomic E-state index is 13.4. The predicted molar refractivity (Wildman–Crippen MR) is 160 cm³/mol. The minimum atomic E-state index is -1.35. The van der Waals surface area contributed by atoms with Gasteiger partial charge in [-0.15, -0.1) is 0 Å². The van der Waals surface area contributed by atoms with Gasteiger partial charge in [0.1, 0.15) is 17.4 Å². The molecular formula is C32H25N3O8S. The van der Waals surface area contributed by atoms with Crippen LogP contribution in [0.15, 0.2) is 108 Å². The number of esters is 3. The number of hydrogen-bond donors (Lipinski definition) is 2. The Morgan fingerprint density at radius 3 is 1.84 bits per heavy atom. The summed E-state index contributed by atoms with van der Waals surface area (Å²) in [5.41, 5.74) is 0.909. The number of nitrogens with one attached hydrogen (secondary N) is 2. The van der Waals surface area contributed by atoms with E-state index in [9.17, 15) is 19.2 Å². The molecule has 3 heterocycles. The fraction of sp³-hybridized carbons (Fsp3) is 0.156. The summed E-state index contributed by atoms with van der Waals surface area (Å²) in [4.78, 5) is 58.5. The molecule has 4 atom stereocenters. The number of fused-ring (bicyclic) bond motifs is 1. The monoisotopic (exact) mass is 611 g/mol. The van der Waals surface area contributed by atoms with Crippen LogP contribution in [0.4, 0.5) is 0 Å². The van der Waals surface area contributed by atoms with Crippen molar-refractivity contribution in [1.82, 2.24) is 14.5 Å². The number of carbonyl (C=O) groups is 3. The van der Waals surface area contributed by atoms with Crippen molar-refractivity contribution in [2.75, 3.05) is 6.61 Å². The fourth-order valence-electron chi connectivity index (χ4n) is 4.99. The average molecular weight is 612 g/mol.